The molecule has 0 aliphatic carbocycles. The molecule has 2 N–H and O–H groups in total. The molecule has 17 heavy (non-hydrogen) atoms. The lowest BCUT2D eigenvalue weighted by Gasteiger charge is -2.06. The summed E-state index contributed by atoms with van der Waals surface area (Å²) in [4.78, 5) is 4.40. The zero-order valence-electron chi connectivity index (χ0n) is 10.3. The van der Waals surface area contributed by atoms with E-state index < -0.39 is 0 Å². The molecule has 1 aromatic carbocycles. The normalized spacial score (nSPS) is 10.7. The molecule has 3 heteroatoms. The maximum absolute atomic E-state index is 5.60. The Morgan fingerprint density at radius 3 is 2.59 bits per heavy atom. The van der Waals surface area contributed by atoms with Gasteiger partial charge in [-0.2, -0.15) is 0 Å². The Morgan fingerprint density at radius 2 is 1.88 bits per heavy atom. The summed E-state index contributed by atoms with van der Waals surface area (Å²) in [6.45, 7) is 0.662. The van der Waals surface area contributed by atoms with Crippen molar-refractivity contribution in [2.24, 2.45) is 12.8 Å². The van der Waals surface area contributed by atoms with Crippen molar-refractivity contribution < 1.29 is 0 Å². The average Bonchev–Trinajstić information content (AvgIpc) is 2.70. The molecule has 2 rings (SSSR count). The first-order valence-electron chi connectivity index (χ1n) is 6.04. The first-order valence-corrected chi connectivity index (χ1v) is 6.04. The van der Waals surface area contributed by atoms with Gasteiger partial charge in [0, 0.05) is 19.2 Å². The van der Waals surface area contributed by atoms with Crippen molar-refractivity contribution in [3.63, 3.8) is 0 Å². The van der Waals surface area contributed by atoms with Gasteiger partial charge in [0.15, 0.2) is 0 Å². The maximum atomic E-state index is 5.60. The smallest absolute Gasteiger partial charge is 0.0949 e. The Hall–Kier alpha value is -1.61. The highest BCUT2D eigenvalue weighted by molar-refractivity contribution is 5.19. The molecule has 3 nitrogen and oxygen atoms in total. The van der Waals surface area contributed by atoms with Crippen molar-refractivity contribution in [2.75, 3.05) is 6.54 Å². The number of nitrogens with zero attached hydrogens (tertiary/aromatic N) is 2. The van der Waals surface area contributed by atoms with E-state index >= 15 is 0 Å². The van der Waals surface area contributed by atoms with E-state index in [0.717, 1.165) is 25.0 Å². The van der Waals surface area contributed by atoms with Crippen molar-refractivity contribution in [1.29, 1.82) is 0 Å². The van der Waals surface area contributed by atoms with Crippen LogP contribution in [0.4, 0.5) is 0 Å². The molecule has 1 heterocycles. The van der Waals surface area contributed by atoms with E-state index in [1.54, 1.807) is 0 Å². The largest absolute Gasteiger partial charge is 0.337 e. The quantitative estimate of drug-likeness (QED) is 0.848. The van der Waals surface area contributed by atoms with Crippen LogP contribution in [0.25, 0.3) is 0 Å². The van der Waals surface area contributed by atoms with Crippen LogP contribution in [0, 0.1) is 0 Å². The molecule has 0 radical (unpaired) electrons. The Bertz CT molecular complexity index is 460. The molecule has 0 aliphatic heterocycles. The van der Waals surface area contributed by atoms with Crippen molar-refractivity contribution in [3.8, 4) is 0 Å². The van der Waals surface area contributed by atoms with Crippen molar-refractivity contribution in [1.82, 2.24) is 9.55 Å². The second-order valence-electron chi connectivity index (χ2n) is 4.27. The van der Waals surface area contributed by atoms with Gasteiger partial charge in [0.25, 0.3) is 0 Å². The molecule has 0 unspecified atom stereocenters. The van der Waals surface area contributed by atoms with E-state index in [-0.39, 0.29) is 0 Å². The first kappa shape index (κ1) is 11.9. The van der Waals surface area contributed by atoms with Crippen molar-refractivity contribution in [2.45, 2.75) is 19.3 Å². The van der Waals surface area contributed by atoms with Crippen molar-refractivity contribution >= 4 is 0 Å². The van der Waals surface area contributed by atoms with Gasteiger partial charge in [0.05, 0.1) is 12.0 Å². The number of aromatic nitrogens is 2. The SMILES string of the molecule is Cn1cnc(CCN)c1CCc1ccccc1. The third kappa shape index (κ3) is 2.94. The maximum Gasteiger partial charge on any atom is 0.0949 e. The van der Waals surface area contributed by atoms with Gasteiger partial charge in [0.2, 0.25) is 0 Å². The van der Waals surface area contributed by atoms with Crippen molar-refractivity contribution in [3.05, 3.63) is 53.6 Å². The second kappa shape index (κ2) is 5.64. The number of hydrogen-bond donors (Lipinski definition) is 1. The number of nitrogens with two attached hydrogens (primary N) is 1. The van der Waals surface area contributed by atoms with Gasteiger partial charge in [-0.1, -0.05) is 30.3 Å². The van der Waals surface area contributed by atoms with E-state index in [1.165, 1.54) is 11.3 Å². The monoisotopic (exact) mass is 229 g/mol. The third-order valence-corrected chi connectivity index (χ3v) is 3.02. The van der Waals surface area contributed by atoms with Crippen LogP contribution >= 0.6 is 0 Å². The summed E-state index contributed by atoms with van der Waals surface area (Å²) in [5, 5.41) is 0. The molecule has 90 valence electrons. The van der Waals surface area contributed by atoms with Crippen LogP contribution in [0.15, 0.2) is 36.7 Å². The van der Waals surface area contributed by atoms with Gasteiger partial charge in [-0.25, -0.2) is 4.98 Å². The van der Waals surface area contributed by atoms with Crippen LogP contribution in [0.2, 0.25) is 0 Å². The summed E-state index contributed by atoms with van der Waals surface area (Å²) in [5.41, 5.74) is 9.41. The van der Waals surface area contributed by atoms with Gasteiger partial charge >= 0.3 is 0 Å². The lowest BCUT2D eigenvalue weighted by molar-refractivity contribution is 0.782. The van der Waals surface area contributed by atoms with Crippen LogP contribution in [0.5, 0.6) is 0 Å². The first-order chi connectivity index (χ1) is 8.31. The number of aryl methyl sites for hydroxylation is 2. The fraction of sp³-hybridized carbons (Fsp3) is 0.357. The van der Waals surface area contributed by atoms with Gasteiger partial charge in [0.1, 0.15) is 0 Å². The fourth-order valence-corrected chi connectivity index (χ4v) is 2.08. The average molecular weight is 229 g/mol. The highest BCUT2D eigenvalue weighted by Crippen LogP contribution is 2.11. The molecule has 0 spiro atoms. The van der Waals surface area contributed by atoms with Gasteiger partial charge in [-0.05, 0) is 24.9 Å². The Labute approximate surface area is 102 Å². The van der Waals surface area contributed by atoms with Crippen LogP contribution in [-0.4, -0.2) is 16.1 Å². The van der Waals surface area contributed by atoms with Gasteiger partial charge in [-0.3, -0.25) is 0 Å². The topological polar surface area (TPSA) is 43.8 Å². The fourth-order valence-electron chi connectivity index (χ4n) is 2.08. The van der Waals surface area contributed by atoms with Gasteiger partial charge in [-0.15, -0.1) is 0 Å². The van der Waals surface area contributed by atoms with Crippen LogP contribution in [0.1, 0.15) is 17.0 Å². The molecule has 2 aromatic rings. The zero-order chi connectivity index (χ0) is 12.1. The highest BCUT2D eigenvalue weighted by Gasteiger charge is 2.07. The molecule has 0 saturated heterocycles. The molecule has 0 aliphatic rings. The van der Waals surface area contributed by atoms with Crippen LogP contribution in [-0.2, 0) is 26.3 Å². The zero-order valence-corrected chi connectivity index (χ0v) is 10.3. The Morgan fingerprint density at radius 1 is 1.12 bits per heavy atom. The summed E-state index contributed by atoms with van der Waals surface area (Å²) >= 11 is 0. The van der Waals surface area contributed by atoms with E-state index in [0.29, 0.717) is 6.54 Å². The van der Waals surface area contributed by atoms with E-state index in [4.69, 9.17) is 5.73 Å². The van der Waals surface area contributed by atoms with E-state index in [2.05, 4.69) is 33.8 Å². The Kier molecular flexibility index (Phi) is 3.94. The molecular formula is C14H19N3. The number of rotatable bonds is 5. The predicted molar refractivity (Wildman–Crippen MR) is 69.8 cm³/mol. The van der Waals surface area contributed by atoms with E-state index in [9.17, 15) is 0 Å². The van der Waals surface area contributed by atoms with E-state index in [1.807, 2.05) is 19.4 Å². The lowest BCUT2D eigenvalue weighted by atomic mass is 10.1. The Balaban J connectivity index is 2.06. The number of benzene rings is 1. The minimum absolute atomic E-state index is 0.662. The summed E-state index contributed by atoms with van der Waals surface area (Å²) in [6.07, 6.45) is 4.82. The summed E-state index contributed by atoms with van der Waals surface area (Å²) in [5.74, 6) is 0. The third-order valence-electron chi connectivity index (χ3n) is 3.02. The minimum Gasteiger partial charge on any atom is -0.337 e. The molecule has 0 saturated carbocycles. The molecule has 0 atom stereocenters. The van der Waals surface area contributed by atoms with Crippen LogP contribution in [0.3, 0.4) is 0 Å². The van der Waals surface area contributed by atoms with Gasteiger partial charge < -0.3 is 10.3 Å². The minimum atomic E-state index is 0.662. The molecule has 0 amide bonds. The van der Waals surface area contributed by atoms with Crippen LogP contribution < -0.4 is 5.73 Å². The molecular weight excluding hydrogens is 210 g/mol. The number of imidazole rings is 1. The molecule has 0 bridgehead atoms. The molecule has 1 aromatic heterocycles. The highest BCUT2D eigenvalue weighted by atomic mass is 15.0. The molecule has 0 fully saturated rings. The predicted octanol–water partition coefficient (Wildman–Crippen LogP) is 1.71. The standard InChI is InChI=1S/C14H19N3/c1-17-11-16-13(9-10-15)14(17)8-7-12-5-3-2-4-6-12/h2-6,11H,7-10,15H2,1H3. The second-order valence-corrected chi connectivity index (χ2v) is 4.27. The lowest BCUT2D eigenvalue weighted by Crippen LogP contribution is -2.07. The summed E-state index contributed by atoms with van der Waals surface area (Å²) < 4.78 is 2.11. The summed E-state index contributed by atoms with van der Waals surface area (Å²) in [6, 6.07) is 10.5. The number of hydrogen-bond acceptors (Lipinski definition) is 2. The summed E-state index contributed by atoms with van der Waals surface area (Å²) in [7, 11) is 2.05.